The van der Waals surface area contributed by atoms with Crippen LogP contribution in [0, 0.1) is 21.4 Å². The summed E-state index contributed by atoms with van der Waals surface area (Å²) in [7, 11) is 0. The van der Waals surface area contributed by atoms with Crippen LogP contribution in [0.25, 0.3) is 0 Å². The van der Waals surface area contributed by atoms with Crippen molar-refractivity contribution < 1.29 is 14.8 Å². The summed E-state index contributed by atoms with van der Waals surface area (Å²) in [4.78, 5) is 21.3. The van der Waals surface area contributed by atoms with Gasteiger partial charge in [0.15, 0.2) is 11.3 Å². The van der Waals surface area contributed by atoms with E-state index in [0.29, 0.717) is 0 Å². The number of rotatable bonds is 3. The Morgan fingerprint density at radius 2 is 2.25 bits per heavy atom. The molecule has 0 aromatic heterocycles. The first-order valence-electron chi connectivity index (χ1n) is 4.02. The molecule has 0 radical (unpaired) electrons. The van der Waals surface area contributed by atoms with Crippen molar-refractivity contribution in [3.63, 3.8) is 0 Å². The molecule has 0 bridgehead atoms. The largest absolute Gasteiger partial charge is 0.506 e. The Hall–Kier alpha value is -1.94. The van der Waals surface area contributed by atoms with Crippen LogP contribution in [-0.2, 0) is 0 Å². The van der Waals surface area contributed by atoms with Crippen molar-refractivity contribution in [2.24, 2.45) is 0 Å². The lowest BCUT2D eigenvalue weighted by Crippen LogP contribution is -2.06. The number of carbonyl (C=O) groups is 1. The van der Waals surface area contributed by atoms with E-state index in [1.165, 1.54) is 6.07 Å². The van der Waals surface area contributed by atoms with Crippen LogP contribution in [0.3, 0.4) is 0 Å². The summed E-state index contributed by atoms with van der Waals surface area (Å²) in [6.45, 7) is 0. The molecule has 0 aliphatic carbocycles. The number of halogens is 1. The zero-order valence-corrected chi connectivity index (χ0v) is 9.39. The highest BCUT2D eigenvalue weighted by Crippen LogP contribution is 2.31. The van der Waals surface area contributed by atoms with Gasteiger partial charge in [-0.15, -0.1) is 0 Å². The molecule has 7 heteroatoms. The van der Waals surface area contributed by atoms with Crippen molar-refractivity contribution in [1.82, 2.24) is 0 Å². The first kappa shape index (κ1) is 12.1. The summed E-state index contributed by atoms with van der Waals surface area (Å²) in [5.74, 6) is -1.04. The zero-order chi connectivity index (χ0) is 12.3. The molecule has 16 heavy (non-hydrogen) atoms. The van der Waals surface area contributed by atoms with E-state index in [9.17, 15) is 20.0 Å². The fourth-order valence-corrected chi connectivity index (χ4v) is 1.48. The molecule has 0 spiro atoms. The highest BCUT2D eigenvalue weighted by molar-refractivity contribution is 9.09. The van der Waals surface area contributed by atoms with Crippen LogP contribution in [0.5, 0.6) is 5.75 Å². The second-order valence-electron chi connectivity index (χ2n) is 2.78. The van der Waals surface area contributed by atoms with Crippen molar-refractivity contribution in [3.05, 3.63) is 33.4 Å². The monoisotopic (exact) mass is 284 g/mol. The maximum atomic E-state index is 11.4. The highest BCUT2D eigenvalue weighted by Gasteiger charge is 2.26. The predicted octanol–water partition coefficient (Wildman–Crippen LogP) is 1.75. The Bertz CT molecular complexity index is 507. The Morgan fingerprint density at radius 3 is 2.69 bits per heavy atom. The highest BCUT2D eigenvalue weighted by atomic mass is 79.9. The van der Waals surface area contributed by atoms with Gasteiger partial charge in [-0.2, -0.15) is 5.26 Å². The molecule has 1 aromatic carbocycles. The maximum absolute atomic E-state index is 11.4. The fraction of sp³-hybridized carbons (Fsp3) is 0.111. The second-order valence-corrected chi connectivity index (χ2v) is 3.34. The van der Waals surface area contributed by atoms with Crippen molar-refractivity contribution in [1.29, 1.82) is 5.26 Å². The maximum Gasteiger partial charge on any atom is 0.301 e. The number of phenols is 1. The molecule has 0 saturated heterocycles. The number of nitriles is 1. The van der Waals surface area contributed by atoms with Crippen LogP contribution in [0.1, 0.15) is 15.9 Å². The minimum absolute atomic E-state index is 0.0938. The standard InChI is InChI=1S/C9H5BrN2O4/c10-3-8(14)5-1-2-7(13)6(4-11)9(5)12(15)16/h1-2,13H,3H2. The summed E-state index contributed by atoms with van der Waals surface area (Å²) >= 11 is 2.88. The minimum Gasteiger partial charge on any atom is -0.506 e. The predicted molar refractivity (Wildman–Crippen MR) is 57.6 cm³/mol. The van der Waals surface area contributed by atoms with Crippen molar-refractivity contribution in [2.75, 3.05) is 5.33 Å². The van der Waals surface area contributed by atoms with E-state index in [2.05, 4.69) is 15.9 Å². The molecule has 0 fully saturated rings. The quantitative estimate of drug-likeness (QED) is 0.394. The lowest BCUT2D eigenvalue weighted by atomic mass is 10.0. The molecule has 0 saturated carbocycles. The summed E-state index contributed by atoms with van der Waals surface area (Å²) in [6.07, 6.45) is 0. The van der Waals surface area contributed by atoms with Gasteiger partial charge in [-0.25, -0.2) is 0 Å². The number of nitrogens with zero attached hydrogens (tertiary/aromatic N) is 2. The van der Waals surface area contributed by atoms with Crippen LogP contribution in [0.2, 0.25) is 0 Å². The molecule has 1 N–H and O–H groups in total. The van der Waals surface area contributed by atoms with Crippen molar-refractivity contribution in [3.8, 4) is 11.8 Å². The van der Waals surface area contributed by atoms with Gasteiger partial charge in [0.25, 0.3) is 0 Å². The van der Waals surface area contributed by atoms with Gasteiger partial charge in [0.05, 0.1) is 15.8 Å². The summed E-state index contributed by atoms with van der Waals surface area (Å²) in [5.41, 5.74) is -1.36. The minimum atomic E-state index is -0.853. The Balaban J connectivity index is 3.59. The molecule has 82 valence electrons. The molecule has 1 rings (SSSR count). The Kier molecular flexibility index (Phi) is 3.58. The van der Waals surface area contributed by atoms with E-state index >= 15 is 0 Å². The van der Waals surface area contributed by atoms with E-state index in [0.717, 1.165) is 12.1 Å². The topological polar surface area (TPSA) is 104 Å². The SMILES string of the molecule is N#Cc1c(O)ccc(C(=O)CBr)c1[N+](=O)[O-]. The second kappa shape index (κ2) is 4.72. The van der Waals surface area contributed by atoms with Crippen molar-refractivity contribution >= 4 is 27.4 Å². The average Bonchev–Trinajstić information content (AvgIpc) is 2.27. The van der Waals surface area contributed by atoms with Gasteiger partial charge in [0, 0.05) is 0 Å². The number of hydrogen-bond acceptors (Lipinski definition) is 5. The van der Waals surface area contributed by atoms with Crippen LogP contribution in [0.4, 0.5) is 5.69 Å². The smallest absolute Gasteiger partial charge is 0.301 e. The lowest BCUT2D eigenvalue weighted by molar-refractivity contribution is -0.385. The molecule has 0 heterocycles. The molecule has 6 nitrogen and oxygen atoms in total. The molecular weight excluding hydrogens is 280 g/mol. The third kappa shape index (κ3) is 2.01. The number of carbonyl (C=O) groups excluding carboxylic acids is 1. The van der Waals surface area contributed by atoms with Gasteiger partial charge < -0.3 is 5.11 Å². The van der Waals surface area contributed by atoms with Gasteiger partial charge in [-0.1, -0.05) is 15.9 Å². The van der Waals surface area contributed by atoms with Crippen LogP contribution < -0.4 is 0 Å². The fourth-order valence-electron chi connectivity index (χ4n) is 1.18. The number of nitro groups is 1. The van der Waals surface area contributed by atoms with Gasteiger partial charge in [0.1, 0.15) is 11.8 Å². The van der Waals surface area contributed by atoms with Gasteiger partial charge >= 0.3 is 5.69 Å². The first-order chi connectivity index (χ1) is 7.52. The normalized spacial score (nSPS) is 9.50. The van der Waals surface area contributed by atoms with Gasteiger partial charge in [0.2, 0.25) is 0 Å². The van der Waals surface area contributed by atoms with E-state index in [1.54, 1.807) is 0 Å². The van der Waals surface area contributed by atoms with Crippen LogP contribution in [0.15, 0.2) is 12.1 Å². The van der Waals surface area contributed by atoms with E-state index in [4.69, 9.17) is 5.26 Å². The number of nitro benzene ring substituents is 1. The molecular formula is C9H5BrN2O4. The molecule has 1 aromatic rings. The van der Waals surface area contributed by atoms with E-state index < -0.39 is 27.7 Å². The third-order valence-electron chi connectivity index (χ3n) is 1.87. The summed E-state index contributed by atoms with van der Waals surface area (Å²) < 4.78 is 0. The molecule has 0 amide bonds. The van der Waals surface area contributed by atoms with Crippen LogP contribution >= 0.6 is 15.9 Å². The number of Topliss-reactive ketones (excluding diaryl/α,β-unsaturated/α-hetero) is 1. The molecule has 0 atom stereocenters. The van der Waals surface area contributed by atoms with Crippen molar-refractivity contribution in [2.45, 2.75) is 0 Å². The molecule has 0 unspecified atom stereocenters. The van der Waals surface area contributed by atoms with E-state index in [-0.39, 0.29) is 10.9 Å². The number of aromatic hydroxyl groups is 1. The number of phenolic OH excluding ortho intramolecular Hbond substituents is 1. The van der Waals surface area contributed by atoms with Gasteiger partial charge in [-0.05, 0) is 12.1 Å². The number of benzene rings is 1. The summed E-state index contributed by atoms with van der Waals surface area (Å²) in [5, 5.41) is 28.6. The third-order valence-corrected chi connectivity index (χ3v) is 2.38. The first-order valence-corrected chi connectivity index (χ1v) is 5.14. The van der Waals surface area contributed by atoms with Crippen LogP contribution in [-0.4, -0.2) is 21.1 Å². The Morgan fingerprint density at radius 1 is 1.62 bits per heavy atom. The Labute approximate surface area is 98.4 Å². The lowest BCUT2D eigenvalue weighted by Gasteiger charge is -2.03. The zero-order valence-electron chi connectivity index (χ0n) is 7.81. The molecule has 0 aliphatic rings. The number of hydrogen-bond donors (Lipinski definition) is 1. The average molecular weight is 285 g/mol. The number of alkyl halides is 1. The van der Waals surface area contributed by atoms with E-state index in [1.807, 2.05) is 0 Å². The number of ketones is 1. The summed E-state index contributed by atoms with van der Waals surface area (Å²) in [6, 6.07) is 3.71. The molecule has 0 aliphatic heterocycles. The van der Waals surface area contributed by atoms with Gasteiger partial charge in [-0.3, -0.25) is 14.9 Å².